The van der Waals surface area contributed by atoms with Crippen LogP contribution < -0.4 is 4.72 Å². The second-order valence-electron chi connectivity index (χ2n) is 5.61. The highest BCUT2D eigenvalue weighted by Gasteiger charge is 2.25. The molecule has 1 heterocycles. The minimum atomic E-state index is -3.51. The van der Waals surface area contributed by atoms with E-state index >= 15 is 0 Å². The van der Waals surface area contributed by atoms with Gasteiger partial charge in [-0.05, 0) is 36.3 Å². The lowest BCUT2D eigenvalue weighted by Crippen LogP contribution is -2.37. The van der Waals surface area contributed by atoms with Gasteiger partial charge in [-0.3, -0.25) is 9.52 Å². The molecule has 1 aliphatic carbocycles. The maximum absolute atomic E-state index is 11.9. The predicted molar refractivity (Wildman–Crippen MR) is 81.2 cm³/mol. The fraction of sp³-hybridized carbons (Fsp3) is 0.400. The van der Waals surface area contributed by atoms with E-state index in [1.807, 2.05) is 30.3 Å². The van der Waals surface area contributed by atoms with Gasteiger partial charge in [0.05, 0.1) is 5.75 Å². The van der Waals surface area contributed by atoms with Crippen molar-refractivity contribution in [1.82, 2.24) is 9.29 Å². The van der Waals surface area contributed by atoms with Crippen LogP contribution in [0, 0.1) is 5.92 Å². The number of rotatable bonds is 5. The first-order valence-corrected chi connectivity index (χ1v) is 8.76. The van der Waals surface area contributed by atoms with Crippen molar-refractivity contribution in [3.05, 3.63) is 36.5 Å². The Balaban J connectivity index is 1.66. The maximum Gasteiger partial charge on any atom is 0.253 e. The van der Waals surface area contributed by atoms with Crippen molar-refractivity contribution < 1.29 is 13.2 Å². The Bertz CT molecular complexity index is 760. The lowest BCUT2D eigenvalue weighted by molar-refractivity contribution is -0.119. The lowest BCUT2D eigenvalue weighted by atomic mass is 9.87. The minimum absolute atomic E-state index is 0.0113. The van der Waals surface area contributed by atoms with E-state index in [9.17, 15) is 13.2 Å². The van der Waals surface area contributed by atoms with E-state index in [4.69, 9.17) is 0 Å². The van der Waals surface area contributed by atoms with Gasteiger partial charge in [0.25, 0.3) is 5.91 Å². The van der Waals surface area contributed by atoms with Crippen molar-refractivity contribution in [2.24, 2.45) is 5.92 Å². The number of para-hydroxylation sites is 1. The average Bonchev–Trinajstić information content (AvgIpc) is 2.77. The largest absolute Gasteiger partial charge is 0.338 e. The molecule has 1 aromatic heterocycles. The molecule has 1 aliphatic rings. The number of nitrogens with one attached hydrogen (secondary N) is 1. The average molecular weight is 306 g/mol. The number of nitrogens with zero attached hydrogens (tertiary/aromatic N) is 1. The molecule has 0 atom stereocenters. The van der Waals surface area contributed by atoms with Crippen LogP contribution in [0.1, 0.15) is 19.3 Å². The van der Waals surface area contributed by atoms with Gasteiger partial charge < -0.3 is 4.57 Å². The molecule has 1 amide bonds. The van der Waals surface area contributed by atoms with Crippen LogP contribution in [0.25, 0.3) is 10.9 Å². The van der Waals surface area contributed by atoms with Crippen molar-refractivity contribution >= 4 is 26.8 Å². The number of benzene rings is 1. The van der Waals surface area contributed by atoms with E-state index in [2.05, 4.69) is 4.72 Å². The second-order valence-corrected chi connectivity index (χ2v) is 7.37. The molecular weight excluding hydrogens is 288 g/mol. The van der Waals surface area contributed by atoms with E-state index in [1.54, 1.807) is 10.8 Å². The highest BCUT2D eigenvalue weighted by molar-refractivity contribution is 7.90. The number of hydrogen-bond acceptors (Lipinski definition) is 3. The van der Waals surface area contributed by atoms with Crippen LogP contribution in [0.5, 0.6) is 0 Å². The molecule has 0 aliphatic heterocycles. The third-order valence-electron chi connectivity index (χ3n) is 3.94. The third kappa shape index (κ3) is 3.26. The van der Waals surface area contributed by atoms with Gasteiger partial charge in [-0.2, -0.15) is 0 Å². The summed E-state index contributed by atoms with van der Waals surface area (Å²) in [7, 11) is -3.51. The zero-order valence-electron chi connectivity index (χ0n) is 11.7. The molecule has 5 nitrogen and oxygen atoms in total. The van der Waals surface area contributed by atoms with E-state index in [0.717, 1.165) is 30.2 Å². The fourth-order valence-corrected chi connectivity index (χ4v) is 4.10. The van der Waals surface area contributed by atoms with Crippen molar-refractivity contribution in [2.45, 2.75) is 25.8 Å². The van der Waals surface area contributed by atoms with Gasteiger partial charge in [0.2, 0.25) is 10.0 Å². The molecule has 1 aromatic carbocycles. The Morgan fingerprint density at radius 1 is 1.24 bits per heavy atom. The Morgan fingerprint density at radius 3 is 2.71 bits per heavy atom. The van der Waals surface area contributed by atoms with Crippen LogP contribution in [-0.2, 0) is 21.4 Å². The number of hydrogen-bond donors (Lipinski definition) is 1. The van der Waals surface area contributed by atoms with Crippen LogP contribution in [0.15, 0.2) is 36.5 Å². The summed E-state index contributed by atoms with van der Waals surface area (Å²) in [5, 5.41) is 1.03. The first-order valence-electron chi connectivity index (χ1n) is 7.11. The van der Waals surface area contributed by atoms with Gasteiger partial charge in [0.15, 0.2) is 0 Å². The Hall–Kier alpha value is -1.82. The third-order valence-corrected chi connectivity index (χ3v) is 5.39. The van der Waals surface area contributed by atoms with E-state index in [-0.39, 0.29) is 18.2 Å². The zero-order chi connectivity index (χ0) is 14.9. The summed E-state index contributed by atoms with van der Waals surface area (Å²) < 4.78 is 27.7. The van der Waals surface area contributed by atoms with Crippen LogP contribution in [0.4, 0.5) is 0 Å². The van der Waals surface area contributed by atoms with Crippen LogP contribution in [0.2, 0.25) is 0 Å². The van der Waals surface area contributed by atoms with Gasteiger partial charge in [-0.1, -0.05) is 24.6 Å². The molecule has 0 bridgehead atoms. The molecule has 0 spiro atoms. The van der Waals surface area contributed by atoms with Crippen LogP contribution >= 0.6 is 0 Å². The molecule has 3 rings (SSSR count). The first kappa shape index (κ1) is 14.1. The lowest BCUT2D eigenvalue weighted by Gasteiger charge is -2.24. The molecule has 1 fully saturated rings. The van der Waals surface area contributed by atoms with E-state index < -0.39 is 15.9 Å². The molecule has 2 aromatic rings. The first-order chi connectivity index (χ1) is 10.0. The Morgan fingerprint density at radius 2 is 2.00 bits per heavy atom. The molecular formula is C15H18N2O3S. The van der Waals surface area contributed by atoms with Gasteiger partial charge in [-0.25, -0.2) is 8.42 Å². The van der Waals surface area contributed by atoms with Gasteiger partial charge >= 0.3 is 0 Å². The molecule has 0 saturated heterocycles. The molecule has 0 radical (unpaired) electrons. The highest BCUT2D eigenvalue weighted by Crippen LogP contribution is 2.27. The summed E-state index contributed by atoms with van der Waals surface area (Å²) in [6, 6.07) is 9.59. The van der Waals surface area contributed by atoms with Crippen LogP contribution in [0.3, 0.4) is 0 Å². The predicted octanol–water partition coefficient (Wildman–Crippen LogP) is 1.89. The number of sulfonamides is 1. The van der Waals surface area contributed by atoms with Gasteiger partial charge in [0, 0.05) is 11.7 Å². The van der Waals surface area contributed by atoms with Crippen molar-refractivity contribution in [3.8, 4) is 0 Å². The number of carbonyl (C=O) groups excluding carboxylic acids is 1. The quantitative estimate of drug-likeness (QED) is 0.917. The summed E-state index contributed by atoms with van der Waals surface area (Å²) >= 11 is 0. The number of carbonyl (C=O) groups is 1. The van der Waals surface area contributed by atoms with Crippen LogP contribution in [-0.4, -0.2) is 24.6 Å². The Kier molecular flexibility index (Phi) is 3.71. The van der Waals surface area contributed by atoms with Gasteiger partial charge in [-0.15, -0.1) is 0 Å². The highest BCUT2D eigenvalue weighted by atomic mass is 32.2. The van der Waals surface area contributed by atoms with E-state index in [0.29, 0.717) is 0 Å². The summed E-state index contributed by atoms with van der Waals surface area (Å²) in [5.74, 6) is -0.219. The Labute approximate surface area is 124 Å². The smallest absolute Gasteiger partial charge is 0.253 e. The number of amides is 1. The minimum Gasteiger partial charge on any atom is -0.338 e. The molecule has 1 N–H and O–H groups in total. The fourth-order valence-electron chi connectivity index (χ4n) is 2.65. The normalized spacial score (nSPS) is 15.8. The second kappa shape index (κ2) is 5.52. The molecule has 0 unspecified atom stereocenters. The van der Waals surface area contributed by atoms with Crippen molar-refractivity contribution in [2.75, 3.05) is 5.75 Å². The molecule has 21 heavy (non-hydrogen) atoms. The summed E-state index contributed by atoms with van der Waals surface area (Å²) in [4.78, 5) is 11.9. The standard InChI is InChI=1S/C15H18N2O3S/c18-15(16-21(19,20)11-12-4-3-5-12)10-17-9-8-13-6-1-2-7-14(13)17/h1-2,6-9,12H,3-5,10-11H2,(H,16,18). The summed E-state index contributed by atoms with van der Waals surface area (Å²) in [6.07, 6.45) is 4.76. The van der Waals surface area contributed by atoms with E-state index in [1.165, 1.54) is 0 Å². The maximum atomic E-state index is 11.9. The van der Waals surface area contributed by atoms with Gasteiger partial charge in [0.1, 0.15) is 6.54 Å². The monoisotopic (exact) mass is 306 g/mol. The molecule has 1 saturated carbocycles. The SMILES string of the molecule is O=C(Cn1ccc2ccccc21)NS(=O)(=O)CC1CCC1. The summed E-state index contributed by atoms with van der Waals surface area (Å²) in [5.41, 5.74) is 0.920. The molecule has 112 valence electrons. The number of aromatic nitrogens is 1. The van der Waals surface area contributed by atoms with Crippen molar-refractivity contribution in [3.63, 3.8) is 0 Å². The topological polar surface area (TPSA) is 68.2 Å². The number of fused-ring (bicyclic) bond motifs is 1. The zero-order valence-corrected chi connectivity index (χ0v) is 12.5. The van der Waals surface area contributed by atoms with Crippen molar-refractivity contribution in [1.29, 1.82) is 0 Å². The molecule has 6 heteroatoms. The summed E-state index contributed by atoms with van der Waals surface area (Å²) in [6.45, 7) is 0.0113.